The zero-order chi connectivity index (χ0) is 13.7. The Morgan fingerprint density at radius 3 is 2.89 bits per heavy atom. The van der Waals surface area contributed by atoms with E-state index in [9.17, 15) is 4.79 Å². The van der Waals surface area contributed by atoms with Crippen LogP contribution in [0.5, 0.6) is 0 Å². The van der Waals surface area contributed by atoms with Crippen LogP contribution in [-0.4, -0.2) is 18.0 Å². The van der Waals surface area contributed by atoms with Gasteiger partial charge in [-0.25, -0.2) is 4.98 Å². The number of nitrogens with one attached hydrogen (secondary N) is 1. The topological polar surface area (TPSA) is 51.2 Å². The summed E-state index contributed by atoms with van der Waals surface area (Å²) < 4.78 is 5.06. The number of pyridine rings is 1. The predicted octanol–water partition coefficient (Wildman–Crippen LogP) is 2.79. The van der Waals surface area contributed by atoms with E-state index in [1.54, 1.807) is 19.4 Å². The molecule has 0 radical (unpaired) electrons. The van der Waals surface area contributed by atoms with E-state index in [0.29, 0.717) is 18.0 Å². The van der Waals surface area contributed by atoms with Crippen molar-refractivity contribution in [3.63, 3.8) is 0 Å². The fraction of sp³-hybridized carbons (Fsp3) is 0.200. The largest absolute Gasteiger partial charge is 0.380 e. The summed E-state index contributed by atoms with van der Waals surface area (Å²) in [6.07, 6.45) is 1.66. The van der Waals surface area contributed by atoms with E-state index in [0.717, 1.165) is 11.1 Å². The fourth-order valence-corrected chi connectivity index (χ4v) is 1.77. The molecule has 2 rings (SSSR count). The van der Waals surface area contributed by atoms with Gasteiger partial charge in [0.25, 0.3) is 5.91 Å². The van der Waals surface area contributed by atoms with Gasteiger partial charge in [-0.3, -0.25) is 4.79 Å². The van der Waals surface area contributed by atoms with Crippen LogP contribution in [0.4, 0.5) is 5.82 Å². The van der Waals surface area contributed by atoms with Gasteiger partial charge in [-0.1, -0.05) is 18.2 Å². The van der Waals surface area contributed by atoms with Crippen molar-refractivity contribution in [2.24, 2.45) is 0 Å². The van der Waals surface area contributed by atoms with E-state index in [1.807, 2.05) is 37.3 Å². The summed E-state index contributed by atoms with van der Waals surface area (Å²) in [5.41, 5.74) is 2.50. The van der Waals surface area contributed by atoms with E-state index in [2.05, 4.69) is 10.3 Å². The van der Waals surface area contributed by atoms with Gasteiger partial charge in [0, 0.05) is 18.9 Å². The summed E-state index contributed by atoms with van der Waals surface area (Å²) >= 11 is 0. The molecule has 1 N–H and O–H groups in total. The number of aromatic nitrogens is 1. The van der Waals surface area contributed by atoms with Crippen LogP contribution in [-0.2, 0) is 11.3 Å². The third-order valence-electron chi connectivity index (χ3n) is 2.74. The number of anilines is 1. The lowest BCUT2D eigenvalue weighted by Crippen LogP contribution is -2.14. The molecule has 98 valence electrons. The number of benzene rings is 1. The average molecular weight is 256 g/mol. The van der Waals surface area contributed by atoms with E-state index in [-0.39, 0.29) is 5.91 Å². The fourth-order valence-electron chi connectivity index (χ4n) is 1.77. The third kappa shape index (κ3) is 3.39. The number of hydrogen-bond donors (Lipinski definition) is 1. The van der Waals surface area contributed by atoms with E-state index < -0.39 is 0 Å². The minimum atomic E-state index is -0.167. The van der Waals surface area contributed by atoms with Gasteiger partial charge in [-0.15, -0.1) is 0 Å². The lowest BCUT2D eigenvalue weighted by molar-refractivity contribution is 0.102. The van der Waals surface area contributed by atoms with Gasteiger partial charge >= 0.3 is 0 Å². The number of nitrogens with zero attached hydrogens (tertiary/aromatic N) is 1. The van der Waals surface area contributed by atoms with Gasteiger partial charge in [-0.2, -0.15) is 0 Å². The van der Waals surface area contributed by atoms with Crippen molar-refractivity contribution < 1.29 is 9.53 Å². The molecule has 1 amide bonds. The lowest BCUT2D eigenvalue weighted by Gasteiger charge is -2.08. The highest BCUT2D eigenvalue weighted by atomic mass is 16.5. The maximum absolute atomic E-state index is 12.1. The molecular formula is C15H16N2O2. The van der Waals surface area contributed by atoms with E-state index in [1.165, 1.54) is 0 Å². The van der Waals surface area contributed by atoms with Crippen LogP contribution in [0.15, 0.2) is 42.6 Å². The van der Waals surface area contributed by atoms with Crippen LogP contribution in [0.25, 0.3) is 0 Å². The van der Waals surface area contributed by atoms with Gasteiger partial charge in [0.05, 0.1) is 6.61 Å². The summed E-state index contributed by atoms with van der Waals surface area (Å²) in [4.78, 5) is 16.3. The molecule has 19 heavy (non-hydrogen) atoms. The summed E-state index contributed by atoms with van der Waals surface area (Å²) in [7, 11) is 1.63. The van der Waals surface area contributed by atoms with Crippen LogP contribution in [0.1, 0.15) is 21.5 Å². The Labute approximate surface area is 112 Å². The lowest BCUT2D eigenvalue weighted by atomic mass is 10.1. The minimum Gasteiger partial charge on any atom is -0.380 e. The molecule has 1 heterocycles. The highest BCUT2D eigenvalue weighted by molar-refractivity contribution is 6.04. The molecule has 0 aliphatic carbocycles. The number of aryl methyl sites for hydroxylation is 1. The Morgan fingerprint density at radius 1 is 1.32 bits per heavy atom. The Balaban J connectivity index is 2.16. The van der Waals surface area contributed by atoms with Gasteiger partial charge in [0.1, 0.15) is 5.82 Å². The van der Waals surface area contributed by atoms with E-state index in [4.69, 9.17) is 4.74 Å². The molecule has 0 atom stereocenters. The molecular weight excluding hydrogens is 240 g/mol. The second-order valence-electron chi connectivity index (χ2n) is 4.26. The summed E-state index contributed by atoms with van der Waals surface area (Å²) in [6, 6.07) is 11.1. The second-order valence-corrected chi connectivity index (χ2v) is 4.26. The zero-order valence-electron chi connectivity index (χ0n) is 11.0. The first-order valence-electron chi connectivity index (χ1n) is 6.01. The van der Waals surface area contributed by atoms with Crippen molar-refractivity contribution in [3.05, 3.63) is 59.3 Å². The number of rotatable bonds is 4. The van der Waals surface area contributed by atoms with Crippen molar-refractivity contribution >= 4 is 11.7 Å². The molecule has 4 heteroatoms. The molecule has 1 aromatic heterocycles. The molecule has 0 unspecified atom stereocenters. The van der Waals surface area contributed by atoms with Crippen LogP contribution in [0.3, 0.4) is 0 Å². The maximum atomic E-state index is 12.1. The molecule has 1 aromatic carbocycles. The molecule has 0 spiro atoms. The van der Waals surface area contributed by atoms with E-state index >= 15 is 0 Å². The smallest absolute Gasteiger partial charge is 0.256 e. The normalized spacial score (nSPS) is 10.2. The van der Waals surface area contributed by atoms with Crippen molar-refractivity contribution in [1.29, 1.82) is 0 Å². The number of ether oxygens (including phenoxy) is 1. The standard InChI is InChI=1S/C15H16N2O2/c1-11-5-4-8-16-14(11)17-15(18)13-7-3-6-12(9-13)10-19-2/h3-9H,10H2,1-2H3,(H,16,17,18). The first-order valence-corrected chi connectivity index (χ1v) is 6.01. The first-order chi connectivity index (χ1) is 9.20. The maximum Gasteiger partial charge on any atom is 0.256 e. The van der Waals surface area contributed by atoms with Crippen molar-refractivity contribution in [1.82, 2.24) is 4.98 Å². The highest BCUT2D eigenvalue weighted by Crippen LogP contribution is 2.12. The molecule has 2 aromatic rings. The van der Waals surface area contributed by atoms with Crippen LogP contribution in [0.2, 0.25) is 0 Å². The number of methoxy groups -OCH3 is 1. The molecule has 0 saturated heterocycles. The summed E-state index contributed by atoms with van der Waals surface area (Å²) in [5.74, 6) is 0.421. The highest BCUT2D eigenvalue weighted by Gasteiger charge is 2.08. The molecule has 0 aliphatic rings. The van der Waals surface area contributed by atoms with Gasteiger partial charge in [0.2, 0.25) is 0 Å². The summed E-state index contributed by atoms with van der Waals surface area (Å²) in [6.45, 7) is 2.40. The molecule has 0 bridgehead atoms. The average Bonchev–Trinajstić information content (AvgIpc) is 2.42. The molecule has 0 fully saturated rings. The van der Waals surface area contributed by atoms with Crippen LogP contribution in [0, 0.1) is 6.92 Å². The Hall–Kier alpha value is -2.20. The monoisotopic (exact) mass is 256 g/mol. The minimum absolute atomic E-state index is 0.167. The quantitative estimate of drug-likeness (QED) is 0.915. The van der Waals surface area contributed by atoms with Crippen LogP contribution >= 0.6 is 0 Å². The van der Waals surface area contributed by atoms with Gasteiger partial charge in [0.15, 0.2) is 0 Å². The van der Waals surface area contributed by atoms with Crippen LogP contribution < -0.4 is 5.32 Å². The molecule has 4 nitrogen and oxygen atoms in total. The Morgan fingerprint density at radius 2 is 2.16 bits per heavy atom. The third-order valence-corrected chi connectivity index (χ3v) is 2.74. The van der Waals surface area contributed by atoms with Crippen molar-refractivity contribution in [2.75, 3.05) is 12.4 Å². The van der Waals surface area contributed by atoms with Crippen molar-refractivity contribution in [3.8, 4) is 0 Å². The van der Waals surface area contributed by atoms with Crippen molar-refractivity contribution in [2.45, 2.75) is 13.5 Å². The second kappa shape index (κ2) is 6.11. The summed E-state index contributed by atoms with van der Waals surface area (Å²) in [5, 5.41) is 2.80. The number of amides is 1. The zero-order valence-corrected chi connectivity index (χ0v) is 11.0. The van der Waals surface area contributed by atoms with Gasteiger partial charge in [-0.05, 0) is 36.2 Å². The number of hydrogen-bond acceptors (Lipinski definition) is 3. The molecule has 0 saturated carbocycles. The SMILES string of the molecule is COCc1cccc(C(=O)Nc2ncccc2C)c1. The van der Waals surface area contributed by atoms with Gasteiger partial charge < -0.3 is 10.1 Å². The first kappa shape index (κ1) is 13.2. The number of carbonyl (C=O) groups is 1. The Bertz CT molecular complexity index is 582. The predicted molar refractivity (Wildman–Crippen MR) is 74.1 cm³/mol. The Kier molecular flexibility index (Phi) is 4.26. The molecule has 0 aliphatic heterocycles. The number of carbonyl (C=O) groups excluding carboxylic acids is 1.